The van der Waals surface area contributed by atoms with Crippen molar-refractivity contribution in [2.24, 2.45) is 0 Å². The van der Waals surface area contributed by atoms with E-state index in [4.69, 9.17) is 9.15 Å². The molecule has 0 saturated carbocycles. The van der Waals surface area contributed by atoms with Crippen LogP contribution in [0.1, 0.15) is 11.3 Å². The summed E-state index contributed by atoms with van der Waals surface area (Å²) in [6, 6.07) is 10.9. The lowest BCUT2D eigenvalue weighted by Gasteiger charge is -2.12. The van der Waals surface area contributed by atoms with E-state index in [9.17, 15) is 17.6 Å². The van der Waals surface area contributed by atoms with Gasteiger partial charge in [-0.25, -0.2) is 4.39 Å². The highest BCUT2D eigenvalue weighted by Crippen LogP contribution is 2.36. The van der Waals surface area contributed by atoms with E-state index in [1.165, 1.54) is 36.4 Å². The first-order chi connectivity index (χ1) is 10.4. The molecule has 1 aromatic heterocycles. The normalized spacial score (nSPS) is 11.8. The van der Waals surface area contributed by atoms with Crippen LogP contribution in [0.2, 0.25) is 0 Å². The average Bonchev–Trinajstić information content (AvgIpc) is 2.89. The fourth-order valence-electron chi connectivity index (χ4n) is 2.13. The van der Waals surface area contributed by atoms with Gasteiger partial charge in [-0.3, -0.25) is 0 Å². The SMILES string of the molecule is Fc1cccc2cc(COc3ccccc3C(F)(F)F)oc12. The number of fused-ring (bicyclic) bond motifs is 1. The zero-order valence-corrected chi connectivity index (χ0v) is 11.2. The Bertz CT molecular complexity index is 805. The second-order valence-corrected chi connectivity index (χ2v) is 4.65. The van der Waals surface area contributed by atoms with Gasteiger partial charge in [0.1, 0.15) is 18.1 Å². The standard InChI is InChI=1S/C16H10F4O2/c17-13-6-3-4-10-8-11(22-15(10)13)9-21-14-7-2-1-5-12(14)16(18,19)20/h1-8H,9H2. The third kappa shape index (κ3) is 2.77. The summed E-state index contributed by atoms with van der Waals surface area (Å²) in [6.07, 6.45) is -4.50. The van der Waals surface area contributed by atoms with Gasteiger partial charge in [-0.2, -0.15) is 13.2 Å². The maximum Gasteiger partial charge on any atom is 0.419 e. The molecule has 3 rings (SSSR count). The number of alkyl halides is 3. The molecular weight excluding hydrogens is 300 g/mol. The van der Waals surface area contributed by atoms with E-state index in [0.29, 0.717) is 5.39 Å². The summed E-state index contributed by atoms with van der Waals surface area (Å²) < 4.78 is 62.5. The monoisotopic (exact) mass is 310 g/mol. The molecule has 0 fully saturated rings. The summed E-state index contributed by atoms with van der Waals surface area (Å²) >= 11 is 0. The first-order valence-corrected chi connectivity index (χ1v) is 6.41. The van der Waals surface area contributed by atoms with Gasteiger partial charge >= 0.3 is 6.18 Å². The lowest BCUT2D eigenvalue weighted by Crippen LogP contribution is -2.08. The van der Waals surface area contributed by atoms with Crippen molar-refractivity contribution in [3.05, 3.63) is 65.7 Å². The molecule has 0 aliphatic rings. The Labute approximate surface area is 122 Å². The van der Waals surface area contributed by atoms with Gasteiger partial charge < -0.3 is 9.15 Å². The van der Waals surface area contributed by atoms with Gasteiger partial charge in [0.15, 0.2) is 11.4 Å². The van der Waals surface area contributed by atoms with Gasteiger partial charge in [-0.15, -0.1) is 0 Å². The molecule has 0 radical (unpaired) electrons. The van der Waals surface area contributed by atoms with Crippen molar-refractivity contribution in [1.82, 2.24) is 0 Å². The highest BCUT2D eigenvalue weighted by molar-refractivity contribution is 5.78. The largest absolute Gasteiger partial charge is 0.485 e. The molecule has 0 unspecified atom stereocenters. The summed E-state index contributed by atoms with van der Waals surface area (Å²) in [6.45, 7) is -0.221. The molecule has 1 heterocycles. The van der Waals surface area contributed by atoms with Crippen molar-refractivity contribution >= 4 is 11.0 Å². The first-order valence-electron chi connectivity index (χ1n) is 6.41. The fraction of sp³-hybridized carbons (Fsp3) is 0.125. The summed E-state index contributed by atoms with van der Waals surface area (Å²) in [7, 11) is 0. The molecule has 22 heavy (non-hydrogen) atoms. The number of furan rings is 1. The Balaban J connectivity index is 1.84. The van der Waals surface area contributed by atoms with E-state index in [0.717, 1.165) is 6.07 Å². The lowest BCUT2D eigenvalue weighted by atomic mass is 10.2. The predicted octanol–water partition coefficient (Wildman–Crippen LogP) is 5.17. The van der Waals surface area contributed by atoms with E-state index in [2.05, 4.69) is 0 Å². The van der Waals surface area contributed by atoms with Crippen LogP contribution in [-0.4, -0.2) is 0 Å². The van der Waals surface area contributed by atoms with Crippen molar-refractivity contribution in [1.29, 1.82) is 0 Å². The van der Waals surface area contributed by atoms with Crippen molar-refractivity contribution < 1.29 is 26.7 Å². The molecule has 0 atom stereocenters. The molecule has 0 amide bonds. The smallest absolute Gasteiger partial charge is 0.419 e. The molecular formula is C16H10F4O2. The minimum Gasteiger partial charge on any atom is -0.485 e. The van der Waals surface area contributed by atoms with Gasteiger partial charge in [-0.05, 0) is 24.3 Å². The Hall–Kier alpha value is -2.50. The van der Waals surface area contributed by atoms with Crippen LogP contribution in [0.3, 0.4) is 0 Å². The van der Waals surface area contributed by atoms with E-state index in [-0.39, 0.29) is 23.7 Å². The molecule has 0 spiro atoms. The van der Waals surface area contributed by atoms with E-state index >= 15 is 0 Å². The third-order valence-corrected chi connectivity index (χ3v) is 3.11. The van der Waals surface area contributed by atoms with Gasteiger partial charge in [0.05, 0.1) is 5.56 Å². The van der Waals surface area contributed by atoms with Crippen LogP contribution in [-0.2, 0) is 12.8 Å². The number of hydrogen-bond donors (Lipinski definition) is 0. The Kier molecular flexibility index (Phi) is 3.52. The number of rotatable bonds is 3. The molecule has 3 aromatic rings. The number of hydrogen-bond acceptors (Lipinski definition) is 2. The summed E-state index contributed by atoms with van der Waals surface area (Å²) in [5, 5.41) is 0.530. The molecule has 0 N–H and O–H groups in total. The quantitative estimate of drug-likeness (QED) is 0.623. The summed E-state index contributed by atoms with van der Waals surface area (Å²) in [4.78, 5) is 0. The van der Waals surface area contributed by atoms with Crippen molar-refractivity contribution in [2.45, 2.75) is 12.8 Å². The molecule has 0 aliphatic heterocycles. The molecule has 6 heteroatoms. The van der Waals surface area contributed by atoms with Gasteiger partial charge in [0.2, 0.25) is 0 Å². The lowest BCUT2D eigenvalue weighted by molar-refractivity contribution is -0.139. The second-order valence-electron chi connectivity index (χ2n) is 4.65. The van der Waals surface area contributed by atoms with Crippen LogP contribution in [0.4, 0.5) is 17.6 Å². The molecule has 0 aliphatic carbocycles. The molecule has 2 nitrogen and oxygen atoms in total. The topological polar surface area (TPSA) is 22.4 Å². The van der Waals surface area contributed by atoms with Crippen LogP contribution in [0.5, 0.6) is 5.75 Å². The van der Waals surface area contributed by atoms with E-state index < -0.39 is 17.6 Å². The van der Waals surface area contributed by atoms with Crippen molar-refractivity contribution in [3.8, 4) is 5.75 Å². The molecule has 0 bridgehead atoms. The van der Waals surface area contributed by atoms with Crippen LogP contribution < -0.4 is 4.74 Å². The van der Waals surface area contributed by atoms with Crippen molar-refractivity contribution in [2.75, 3.05) is 0 Å². The van der Waals surface area contributed by atoms with Crippen LogP contribution >= 0.6 is 0 Å². The first kappa shape index (κ1) is 14.4. The number of ether oxygens (including phenoxy) is 1. The van der Waals surface area contributed by atoms with Gasteiger partial charge in [0.25, 0.3) is 0 Å². The predicted molar refractivity (Wildman–Crippen MR) is 71.9 cm³/mol. The van der Waals surface area contributed by atoms with Gasteiger partial charge in [0, 0.05) is 5.39 Å². The zero-order chi connectivity index (χ0) is 15.7. The zero-order valence-electron chi connectivity index (χ0n) is 11.2. The minimum atomic E-state index is -4.50. The van der Waals surface area contributed by atoms with Crippen molar-refractivity contribution in [3.63, 3.8) is 0 Å². The van der Waals surface area contributed by atoms with E-state index in [1.54, 1.807) is 6.07 Å². The average molecular weight is 310 g/mol. The highest BCUT2D eigenvalue weighted by atomic mass is 19.4. The Morgan fingerprint density at radius 1 is 1.00 bits per heavy atom. The molecule has 114 valence electrons. The summed E-state index contributed by atoms with van der Waals surface area (Å²) in [5.41, 5.74) is -0.803. The van der Waals surface area contributed by atoms with Crippen LogP contribution in [0, 0.1) is 5.82 Å². The van der Waals surface area contributed by atoms with Crippen LogP contribution in [0.15, 0.2) is 52.9 Å². The highest BCUT2D eigenvalue weighted by Gasteiger charge is 2.34. The minimum absolute atomic E-state index is 0.0604. The fourth-order valence-corrected chi connectivity index (χ4v) is 2.13. The van der Waals surface area contributed by atoms with Crippen LogP contribution in [0.25, 0.3) is 11.0 Å². The maximum absolute atomic E-state index is 13.5. The molecule has 2 aromatic carbocycles. The second kappa shape index (κ2) is 5.36. The van der Waals surface area contributed by atoms with Gasteiger partial charge in [-0.1, -0.05) is 24.3 Å². The Morgan fingerprint density at radius 2 is 1.77 bits per heavy atom. The van der Waals surface area contributed by atoms with E-state index in [1.807, 2.05) is 0 Å². The third-order valence-electron chi connectivity index (χ3n) is 3.11. The maximum atomic E-state index is 13.5. The number of halogens is 4. The number of benzene rings is 2. The number of para-hydroxylation sites is 2. The summed E-state index contributed by atoms with van der Waals surface area (Å²) in [5.74, 6) is -0.576. The molecule has 0 saturated heterocycles. The Morgan fingerprint density at radius 3 is 2.50 bits per heavy atom.